The van der Waals surface area contributed by atoms with Gasteiger partial charge in [-0.1, -0.05) is 13.0 Å². The Balaban J connectivity index is 2.76. The van der Waals surface area contributed by atoms with E-state index in [1.54, 1.807) is 6.07 Å². The summed E-state index contributed by atoms with van der Waals surface area (Å²) < 4.78 is 2.19. The van der Waals surface area contributed by atoms with Gasteiger partial charge in [-0.3, -0.25) is 0 Å². The Labute approximate surface area is 102 Å². The Kier molecular flexibility index (Phi) is 3.11. The van der Waals surface area contributed by atoms with Crippen LogP contribution in [-0.4, -0.2) is 16.2 Å². The van der Waals surface area contributed by atoms with E-state index in [0.29, 0.717) is 18.3 Å². The van der Waals surface area contributed by atoms with Crippen LogP contribution in [0.5, 0.6) is 5.75 Å². The van der Waals surface area contributed by atoms with Gasteiger partial charge >= 0.3 is 0 Å². The fourth-order valence-corrected chi connectivity index (χ4v) is 2.25. The van der Waals surface area contributed by atoms with E-state index in [1.165, 1.54) is 0 Å². The zero-order chi connectivity index (χ0) is 12.6. The summed E-state index contributed by atoms with van der Waals surface area (Å²) >= 11 is 0. The monoisotopic (exact) mass is 232 g/mol. The van der Waals surface area contributed by atoms with Crippen molar-refractivity contribution in [2.75, 3.05) is 6.54 Å². The molecule has 92 valence electrons. The first-order chi connectivity index (χ1) is 8.06. The third kappa shape index (κ3) is 1.91. The summed E-state index contributed by atoms with van der Waals surface area (Å²) in [5, 5.41) is 11.0. The van der Waals surface area contributed by atoms with Crippen molar-refractivity contribution in [1.82, 2.24) is 4.57 Å². The van der Waals surface area contributed by atoms with E-state index in [4.69, 9.17) is 5.73 Å². The van der Waals surface area contributed by atoms with Crippen LogP contribution < -0.4 is 5.73 Å². The molecule has 17 heavy (non-hydrogen) atoms. The molecule has 3 nitrogen and oxygen atoms in total. The molecule has 1 unspecified atom stereocenters. The lowest BCUT2D eigenvalue weighted by atomic mass is 10.0. The summed E-state index contributed by atoms with van der Waals surface area (Å²) in [5.74, 6) is 0.600. The Bertz CT molecular complexity index is 528. The molecule has 0 saturated heterocycles. The predicted molar refractivity (Wildman–Crippen MR) is 71.5 cm³/mol. The van der Waals surface area contributed by atoms with Gasteiger partial charge < -0.3 is 15.4 Å². The van der Waals surface area contributed by atoms with Crippen LogP contribution in [-0.2, 0) is 0 Å². The number of hydrogen-bond acceptors (Lipinski definition) is 2. The lowest BCUT2D eigenvalue weighted by molar-refractivity contribution is 0.481. The van der Waals surface area contributed by atoms with Crippen LogP contribution in [0.3, 0.4) is 0 Å². The van der Waals surface area contributed by atoms with E-state index in [2.05, 4.69) is 31.5 Å². The normalized spacial score (nSPS) is 13.5. The number of nitrogens with two attached hydrogens (primary N) is 1. The van der Waals surface area contributed by atoms with E-state index < -0.39 is 0 Å². The van der Waals surface area contributed by atoms with Crippen LogP contribution in [0.4, 0.5) is 0 Å². The van der Waals surface area contributed by atoms with Gasteiger partial charge in [0.1, 0.15) is 5.75 Å². The number of benzene rings is 1. The number of fused-ring (bicyclic) bond motifs is 1. The van der Waals surface area contributed by atoms with Gasteiger partial charge in [0.15, 0.2) is 0 Å². The highest BCUT2D eigenvalue weighted by molar-refractivity contribution is 5.90. The SMILES string of the molecule is CC(CN)c1cn(C(C)C)c2cccc(O)c12. The van der Waals surface area contributed by atoms with Crippen molar-refractivity contribution in [3.05, 3.63) is 30.0 Å². The fraction of sp³-hybridized carbons (Fsp3) is 0.429. The summed E-state index contributed by atoms with van der Waals surface area (Å²) in [5.41, 5.74) is 7.95. The summed E-state index contributed by atoms with van der Waals surface area (Å²) in [4.78, 5) is 0. The van der Waals surface area contributed by atoms with Crippen LogP contribution in [0, 0.1) is 0 Å². The molecule has 1 heterocycles. The standard InChI is InChI=1S/C14H20N2O/c1-9(2)16-8-11(10(3)7-15)14-12(16)5-4-6-13(14)17/h4-6,8-10,17H,7,15H2,1-3H3. The molecule has 0 spiro atoms. The van der Waals surface area contributed by atoms with Gasteiger partial charge in [-0.05, 0) is 44.0 Å². The molecule has 1 atom stereocenters. The lowest BCUT2D eigenvalue weighted by Gasteiger charge is -2.08. The van der Waals surface area contributed by atoms with Crippen molar-refractivity contribution < 1.29 is 5.11 Å². The maximum absolute atomic E-state index is 10.0. The first-order valence-electron chi connectivity index (χ1n) is 6.08. The van der Waals surface area contributed by atoms with E-state index >= 15 is 0 Å². The van der Waals surface area contributed by atoms with E-state index in [0.717, 1.165) is 16.5 Å². The number of phenols is 1. The number of aromatic hydroxyl groups is 1. The highest BCUT2D eigenvalue weighted by atomic mass is 16.3. The molecule has 0 radical (unpaired) electrons. The first-order valence-corrected chi connectivity index (χ1v) is 6.08. The van der Waals surface area contributed by atoms with Gasteiger partial charge in [-0.2, -0.15) is 0 Å². The first kappa shape index (κ1) is 12.0. The second-order valence-corrected chi connectivity index (χ2v) is 4.89. The van der Waals surface area contributed by atoms with Crippen LogP contribution in [0.25, 0.3) is 10.9 Å². The van der Waals surface area contributed by atoms with Crippen LogP contribution in [0.2, 0.25) is 0 Å². The minimum Gasteiger partial charge on any atom is -0.507 e. The maximum Gasteiger partial charge on any atom is 0.125 e. The zero-order valence-electron chi connectivity index (χ0n) is 10.6. The van der Waals surface area contributed by atoms with E-state index in [1.807, 2.05) is 12.1 Å². The van der Waals surface area contributed by atoms with Crippen LogP contribution in [0.1, 0.15) is 38.3 Å². The highest BCUT2D eigenvalue weighted by Gasteiger charge is 2.17. The van der Waals surface area contributed by atoms with Crippen molar-refractivity contribution in [2.24, 2.45) is 5.73 Å². The second kappa shape index (κ2) is 4.41. The molecular formula is C14H20N2O. The zero-order valence-corrected chi connectivity index (χ0v) is 10.6. The van der Waals surface area contributed by atoms with Gasteiger partial charge in [0.05, 0.1) is 5.52 Å². The maximum atomic E-state index is 10.0. The highest BCUT2D eigenvalue weighted by Crippen LogP contribution is 2.35. The summed E-state index contributed by atoms with van der Waals surface area (Å²) in [7, 11) is 0. The predicted octanol–water partition coefficient (Wildman–Crippen LogP) is 2.99. The molecule has 0 fully saturated rings. The van der Waals surface area contributed by atoms with Gasteiger partial charge in [-0.15, -0.1) is 0 Å². The number of hydrogen-bond donors (Lipinski definition) is 2. The molecule has 0 aliphatic heterocycles. The average Bonchev–Trinajstić information content (AvgIpc) is 2.69. The third-order valence-electron chi connectivity index (χ3n) is 3.31. The van der Waals surface area contributed by atoms with E-state index in [9.17, 15) is 5.11 Å². The Morgan fingerprint density at radius 3 is 2.59 bits per heavy atom. The third-order valence-corrected chi connectivity index (χ3v) is 3.31. The molecule has 2 rings (SSSR count). The van der Waals surface area contributed by atoms with Crippen molar-refractivity contribution >= 4 is 10.9 Å². The summed E-state index contributed by atoms with van der Waals surface area (Å²) in [6.07, 6.45) is 2.12. The molecular weight excluding hydrogens is 212 g/mol. The number of phenolic OH excluding ortho intramolecular Hbond substituents is 1. The Hall–Kier alpha value is -1.48. The average molecular weight is 232 g/mol. The van der Waals surface area contributed by atoms with Crippen LogP contribution in [0.15, 0.2) is 24.4 Å². The van der Waals surface area contributed by atoms with Crippen molar-refractivity contribution in [1.29, 1.82) is 0 Å². The Morgan fingerprint density at radius 2 is 2.00 bits per heavy atom. The minimum absolute atomic E-state index is 0.255. The van der Waals surface area contributed by atoms with Crippen LogP contribution >= 0.6 is 0 Å². The molecule has 0 aliphatic rings. The minimum atomic E-state index is 0.255. The van der Waals surface area contributed by atoms with Gasteiger partial charge in [0, 0.05) is 17.6 Å². The summed E-state index contributed by atoms with van der Waals surface area (Å²) in [6.45, 7) is 6.96. The number of nitrogens with zero attached hydrogens (tertiary/aromatic N) is 1. The summed E-state index contributed by atoms with van der Waals surface area (Å²) in [6, 6.07) is 6.03. The molecule has 1 aromatic heterocycles. The smallest absolute Gasteiger partial charge is 0.125 e. The van der Waals surface area contributed by atoms with E-state index in [-0.39, 0.29) is 5.92 Å². The fourth-order valence-electron chi connectivity index (χ4n) is 2.25. The molecule has 0 amide bonds. The van der Waals surface area contributed by atoms with Crippen molar-refractivity contribution in [2.45, 2.75) is 32.7 Å². The molecule has 0 aliphatic carbocycles. The number of rotatable bonds is 3. The molecule has 0 saturated carbocycles. The molecule has 0 bridgehead atoms. The van der Waals surface area contributed by atoms with Gasteiger partial charge in [0.25, 0.3) is 0 Å². The quantitative estimate of drug-likeness (QED) is 0.854. The topological polar surface area (TPSA) is 51.2 Å². The van der Waals surface area contributed by atoms with Gasteiger partial charge in [-0.25, -0.2) is 0 Å². The molecule has 3 heteroatoms. The van der Waals surface area contributed by atoms with Crippen molar-refractivity contribution in [3.63, 3.8) is 0 Å². The van der Waals surface area contributed by atoms with Gasteiger partial charge in [0.2, 0.25) is 0 Å². The lowest BCUT2D eigenvalue weighted by Crippen LogP contribution is -2.08. The van der Waals surface area contributed by atoms with Crippen molar-refractivity contribution in [3.8, 4) is 5.75 Å². The Morgan fingerprint density at radius 1 is 1.29 bits per heavy atom. The second-order valence-electron chi connectivity index (χ2n) is 4.89. The largest absolute Gasteiger partial charge is 0.507 e. The molecule has 1 aromatic carbocycles. The molecule has 2 aromatic rings. The number of aromatic nitrogens is 1. The molecule has 3 N–H and O–H groups in total.